The van der Waals surface area contributed by atoms with Gasteiger partial charge in [-0.2, -0.15) is 0 Å². The minimum Gasteiger partial charge on any atom is -0.0776 e. The molecule has 0 nitrogen and oxygen atoms in total. The summed E-state index contributed by atoms with van der Waals surface area (Å²) in [5.41, 5.74) is 9.53. The number of fused-ring (bicyclic) bond motifs is 5. The van der Waals surface area contributed by atoms with Crippen molar-refractivity contribution in [3.8, 4) is 22.3 Å². The normalized spacial score (nSPS) is 12.3. The van der Waals surface area contributed by atoms with E-state index in [1.807, 2.05) is 0 Å². The van der Waals surface area contributed by atoms with Crippen LogP contribution in [0.1, 0.15) is 139 Å². The average molecular weight is 737 g/mol. The highest BCUT2D eigenvalue weighted by atomic mass is 14.3. The van der Waals surface area contributed by atoms with Crippen LogP contribution in [0, 0.1) is 55.6 Å². The Kier molecular flexibility index (Phi) is 17.7. The van der Waals surface area contributed by atoms with Gasteiger partial charge in [-0.05, 0) is 116 Å². The summed E-state index contributed by atoms with van der Waals surface area (Å²) in [6.07, 6.45) is 8.49. The third-order valence-corrected chi connectivity index (χ3v) is 11.3. The van der Waals surface area contributed by atoms with Gasteiger partial charge >= 0.3 is 0 Å². The highest BCUT2D eigenvalue weighted by Crippen LogP contribution is 2.42. The van der Waals surface area contributed by atoms with E-state index in [0.717, 1.165) is 22.8 Å². The monoisotopic (exact) mass is 737 g/mol. The molecule has 1 saturated carbocycles. The zero-order valence-corrected chi connectivity index (χ0v) is 35.6. The molecule has 0 radical (unpaired) electrons. The molecule has 7 rings (SSSR count). The maximum atomic E-state index is 3.52. The third kappa shape index (κ3) is 13.0. The van der Waals surface area contributed by atoms with Gasteiger partial charge in [0, 0.05) is 5.39 Å². The summed E-state index contributed by atoms with van der Waals surface area (Å²) in [4.78, 5) is 0. The average Bonchev–Trinajstić information content (AvgIpc) is 3.89. The molecule has 0 aliphatic heterocycles. The second-order valence-corrected chi connectivity index (χ2v) is 18.0. The van der Waals surface area contributed by atoms with E-state index in [9.17, 15) is 0 Å². The number of rotatable bonds is 6. The fraction of sp³-hybridized carbons (Fsp3) is 0.455. The molecule has 1 fully saturated rings. The number of hydrogen-bond acceptors (Lipinski definition) is 0. The minimum absolute atomic E-state index is 0. The van der Waals surface area contributed by atoms with Gasteiger partial charge in [-0.1, -0.05) is 219 Å². The molecular formula is C55H76. The van der Waals surface area contributed by atoms with E-state index in [-0.39, 0.29) is 14.9 Å². The Morgan fingerprint density at radius 1 is 0.564 bits per heavy atom. The van der Waals surface area contributed by atoms with E-state index in [2.05, 4.69) is 193 Å². The molecule has 6 aromatic rings. The van der Waals surface area contributed by atoms with Gasteiger partial charge in [0.1, 0.15) is 0 Å². The van der Waals surface area contributed by atoms with Crippen LogP contribution in [0.25, 0.3) is 54.6 Å². The zero-order valence-electron chi connectivity index (χ0n) is 35.6. The Bertz CT molecular complexity index is 2050. The third-order valence-electron chi connectivity index (χ3n) is 11.3. The molecule has 1 aliphatic rings. The molecule has 0 bridgehead atoms. The van der Waals surface area contributed by atoms with Crippen molar-refractivity contribution in [3.63, 3.8) is 0 Å². The van der Waals surface area contributed by atoms with Gasteiger partial charge in [0.15, 0.2) is 0 Å². The van der Waals surface area contributed by atoms with Crippen LogP contribution in [-0.2, 0) is 0 Å². The number of hydrogen-bond donors (Lipinski definition) is 0. The summed E-state index contributed by atoms with van der Waals surface area (Å²) in [6, 6.07) is 40.2. The first-order valence-corrected chi connectivity index (χ1v) is 20.4. The lowest BCUT2D eigenvalue weighted by molar-refractivity contribution is 0.157. The molecule has 6 aromatic carbocycles. The Labute approximate surface area is 339 Å². The molecule has 0 N–H and O–H groups in total. The molecule has 55 heavy (non-hydrogen) atoms. The predicted molar refractivity (Wildman–Crippen MR) is 251 cm³/mol. The SMILES string of the molecule is C.C.CC(C)(C)C(C)(C)C.CC1CC1.CCCC(C)CCC.Cc1c#cc2c(c1)c(-c1cccc(C)c1)cc1c3ccccc3c(-c3cccc(C)c3)cc21. The molecule has 0 saturated heterocycles. The van der Waals surface area contributed by atoms with E-state index in [0.29, 0.717) is 10.8 Å². The topological polar surface area (TPSA) is 0 Å². The molecule has 296 valence electrons. The standard InChI is InChI=1S/C33H24.2C8H18.C4H8.2CH4/c1-21-8-6-10-24(16-21)29-19-33-28-15-14-23(3)18-31(28)30(25-11-7-9-22(2)17-25)20-32(33)27-13-5-4-12-26(27)29;1-7(2,3)8(4,5)6;1-4-6-8(3)7-5-2;1-4-2-3-4;;/h4-13,16-20H,1-3H3;1-6H3;8H,4-7H2,1-3H3;4H,2-3H2,1H3;2*1H4. The fourth-order valence-electron chi connectivity index (χ4n) is 6.36. The Balaban J connectivity index is 0.000000393. The Hall–Kier alpha value is -4.08. The van der Waals surface area contributed by atoms with Gasteiger partial charge in [0.2, 0.25) is 0 Å². The number of benzene rings is 5. The lowest BCUT2D eigenvalue weighted by Gasteiger charge is -2.34. The first-order chi connectivity index (χ1) is 25.0. The van der Waals surface area contributed by atoms with Crippen LogP contribution in [0.4, 0.5) is 0 Å². The van der Waals surface area contributed by atoms with Crippen molar-refractivity contribution in [3.05, 3.63) is 120 Å². The summed E-state index contributed by atoms with van der Waals surface area (Å²) in [5.74, 6) is 2.05. The Morgan fingerprint density at radius 3 is 1.45 bits per heavy atom. The van der Waals surface area contributed by atoms with Crippen LogP contribution in [-0.4, -0.2) is 0 Å². The molecule has 0 unspecified atom stereocenters. The van der Waals surface area contributed by atoms with Crippen LogP contribution in [0.5, 0.6) is 0 Å². The smallest absolute Gasteiger partial charge is 0.0406 e. The second-order valence-electron chi connectivity index (χ2n) is 18.0. The molecule has 0 spiro atoms. The van der Waals surface area contributed by atoms with Gasteiger partial charge in [0.25, 0.3) is 0 Å². The van der Waals surface area contributed by atoms with Crippen LogP contribution in [0.3, 0.4) is 0 Å². The van der Waals surface area contributed by atoms with Gasteiger partial charge < -0.3 is 0 Å². The van der Waals surface area contributed by atoms with E-state index >= 15 is 0 Å². The van der Waals surface area contributed by atoms with Crippen molar-refractivity contribution in [1.82, 2.24) is 0 Å². The van der Waals surface area contributed by atoms with Gasteiger partial charge in [-0.3, -0.25) is 0 Å². The molecule has 0 heterocycles. The lowest BCUT2D eigenvalue weighted by Crippen LogP contribution is -2.25. The maximum absolute atomic E-state index is 3.52. The first-order valence-electron chi connectivity index (χ1n) is 20.4. The van der Waals surface area contributed by atoms with E-state index in [1.54, 1.807) is 0 Å². The molecule has 0 heteroatoms. The zero-order chi connectivity index (χ0) is 38.9. The molecular weight excluding hydrogens is 661 g/mol. The highest BCUT2D eigenvalue weighted by molar-refractivity contribution is 6.23. The number of aryl methyl sites for hydroxylation is 3. The summed E-state index contributed by atoms with van der Waals surface area (Å²) in [5, 5.41) is 7.41. The molecule has 0 atom stereocenters. The summed E-state index contributed by atoms with van der Waals surface area (Å²) >= 11 is 0. The Morgan fingerprint density at radius 2 is 1.02 bits per heavy atom. The summed E-state index contributed by atoms with van der Waals surface area (Å²) < 4.78 is 0. The van der Waals surface area contributed by atoms with Crippen molar-refractivity contribution in [1.29, 1.82) is 0 Å². The van der Waals surface area contributed by atoms with Gasteiger partial charge in [-0.25, -0.2) is 0 Å². The van der Waals surface area contributed by atoms with E-state index in [1.165, 1.54) is 98.8 Å². The summed E-state index contributed by atoms with van der Waals surface area (Å²) in [7, 11) is 0. The van der Waals surface area contributed by atoms with Crippen LogP contribution < -0.4 is 0 Å². The van der Waals surface area contributed by atoms with E-state index < -0.39 is 0 Å². The quantitative estimate of drug-likeness (QED) is 0.149. The van der Waals surface area contributed by atoms with Crippen molar-refractivity contribution < 1.29 is 0 Å². The molecule has 0 amide bonds. The van der Waals surface area contributed by atoms with Gasteiger partial charge in [0.05, 0.1) is 0 Å². The summed E-state index contributed by atoms with van der Waals surface area (Å²) in [6.45, 7) is 29.2. The van der Waals surface area contributed by atoms with Crippen molar-refractivity contribution in [2.75, 3.05) is 0 Å². The highest BCUT2D eigenvalue weighted by Gasteiger charge is 2.27. The van der Waals surface area contributed by atoms with Gasteiger partial charge in [-0.15, -0.1) is 0 Å². The predicted octanol–water partition coefficient (Wildman–Crippen LogP) is 18.0. The van der Waals surface area contributed by atoms with Crippen LogP contribution in [0.15, 0.2) is 91.0 Å². The first kappa shape index (κ1) is 47.1. The molecule has 1 aliphatic carbocycles. The maximum Gasteiger partial charge on any atom is 0.0406 e. The minimum atomic E-state index is 0. The van der Waals surface area contributed by atoms with Crippen LogP contribution in [0.2, 0.25) is 0 Å². The lowest BCUT2D eigenvalue weighted by atomic mass is 9.71. The second kappa shape index (κ2) is 20.7. The molecule has 0 aromatic heterocycles. The van der Waals surface area contributed by atoms with Crippen LogP contribution >= 0.6 is 0 Å². The van der Waals surface area contributed by atoms with Crippen molar-refractivity contribution in [2.24, 2.45) is 22.7 Å². The largest absolute Gasteiger partial charge is 0.0776 e. The van der Waals surface area contributed by atoms with Crippen molar-refractivity contribution in [2.45, 2.75) is 143 Å². The fourth-order valence-corrected chi connectivity index (χ4v) is 6.36. The van der Waals surface area contributed by atoms with Crippen molar-refractivity contribution >= 4 is 32.3 Å². The van der Waals surface area contributed by atoms with E-state index in [4.69, 9.17) is 0 Å².